The first kappa shape index (κ1) is 13.3. The maximum Gasteiger partial charge on any atom is 0.325 e. The zero-order valence-corrected chi connectivity index (χ0v) is 10.6. The van der Waals surface area contributed by atoms with E-state index in [0.29, 0.717) is 25.4 Å². The minimum atomic E-state index is -0.984. The number of hydrogen-bond acceptors (Lipinski definition) is 4. The van der Waals surface area contributed by atoms with Crippen LogP contribution in [-0.4, -0.2) is 57.6 Å². The Hall–Kier alpha value is -2.09. The number of carboxylic acid groups (broad SMARTS) is 1. The minimum absolute atomic E-state index is 0.0165. The van der Waals surface area contributed by atoms with Crippen LogP contribution in [0.15, 0.2) is 12.4 Å². The van der Waals surface area contributed by atoms with E-state index in [1.54, 1.807) is 4.90 Å². The number of amides is 2. The quantitative estimate of drug-likeness (QED) is 0.817. The summed E-state index contributed by atoms with van der Waals surface area (Å²) in [6, 6.07) is -0.214. The number of hydrogen-bond donors (Lipinski definition) is 2. The van der Waals surface area contributed by atoms with Gasteiger partial charge in [0.2, 0.25) is 0 Å². The number of aliphatic carboxylic acids is 1. The van der Waals surface area contributed by atoms with Crippen LogP contribution in [0.4, 0.5) is 10.5 Å². The number of rotatable bonds is 3. The highest BCUT2D eigenvalue weighted by Gasteiger charge is 2.23. The van der Waals surface area contributed by atoms with Crippen LogP contribution in [0, 0.1) is 0 Å². The SMILES string of the molecule is CC1COCCN1C(=O)Nc1cnn(CC(=O)O)c1. The molecule has 1 aliphatic rings. The van der Waals surface area contributed by atoms with Crippen molar-refractivity contribution in [3.63, 3.8) is 0 Å². The Morgan fingerprint density at radius 1 is 1.63 bits per heavy atom. The highest BCUT2D eigenvalue weighted by Crippen LogP contribution is 2.11. The van der Waals surface area contributed by atoms with Gasteiger partial charge in [-0.1, -0.05) is 0 Å². The van der Waals surface area contributed by atoms with E-state index in [9.17, 15) is 9.59 Å². The number of carbonyl (C=O) groups is 2. The summed E-state index contributed by atoms with van der Waals surface area (Å²) < 4.78 is 6.51. The lowest BCUT2D eigenvalue weighted by Gasteiger charge is -2.33. The van der Waals surface area contributed by atoms with E-state index in [-0.39, 0.29) is 18.6 Å². The number of carbonyl (C=O) groups excluding carboxylic acids is 1. The summed E-state index contributed by atoms with van der Waals surface area (Å²) >= 11 is 0. The number of carboxylic acids is 1. The van der Waals surface area contributed by atoms with Crippen molar-refractivity contribution in [2.24, 2.45) is 0 Å². The van der Waals surface area contributed by atoms with Crippen LogP contribution in [0.25, 0.3) is 0 Å². The molecule has 104 valence electrons. The van der Waals surface area contributed by atoms with Gasteiger partial charge in [-0.15, -0.1) is 0 Å². The molecular weight excluding hydrogens is 252 g/mol. The molecule has 1 atom stereocenters. The number of ether oxygens (including phenoxy) is 1. The third-order valence-corrected chi connectivity index (χ3v) is 2.81. The molecule has 1 aliphatic heterocycles. The van der Waals surface area contributed by atoms with E-state index >= 15 is 0 Å². The number of aromatic nitrogens is 2. The standard InChI is InChI=1S/C11H16N4O4/c1-8-7-19-3-2-15(8)11(18)13-9-4-12-14(5-9)6-10(16)17/h4-5,8H,2-3,6-7H2,1H3,(H,13,18)(H,16,17). The molecule has 0 radical (unpaired) electrons. The zero-order valence-electron chi connectivity index (χ0n) is 10.6. The summed E-state index contributed by atoms with van der Waals surface area (Å²) in [5, 5.41) is 15.2. The molecule has 0 aliphatic carbocycles. The first-order chi connectivity index (χ1) is 9.06. The maximum atomic E-state index is 12.0. The molecule has 1 aromatic heterocycles. The monoisotopic (exact) mass is 268 g/mol. The number of nitrogens with zero attached hydrogens (tertiary/aromatic N) is 3. The fourth-order valence-corrected chi connectivity index (χ4v) is 1.88. The van der Waals surface area contributed by atoms with Crippen LogP contribution in [0.3, 0.4) is 0 Å². The zero-order chi connectivity index (χ0) is 13.8. The van der Waals surface area contributed by atoms with Gasteiger partial charge in [-0.2, -0.15) is 5.10 Å². The van der Waals surface area contributed by atoms with Gasteiger partial charge in [-0.25, -0.2) is 4.79 Å². The van der Waals surface area contributed by atoms with Gasteiger partial charge in [-0.3, -0.25) is 9.48 Å². The van der Waals surface area contributed by atoms with Crippen LogP contribution in [-0.2, 0) is 16.1 Å². The van der Waals surface area contributed by atoms with E-state index in [0.717, 1.165) is 0 Å². The van der Waals surface area contributed by atoms with Gasteiger partial charge in [0, 0.05) is 12.7 Å². The summed E-state index contributed by atoms with van der Waals surface area (Å²) in [5.74, 6) is -0.984. The molecule has 1 fully saturated rings. The summed E-state index contributed by atoms with van der Waals surface area (Å²) in [5.41, 5.74) is 0.477. The van der Waals surface area contributed by atoms with Crippen molar-refractivity contribution in [2.75, 3.05) is 25.1 Å². The molecule has 19 heavy (non-hydrogen) atoms. The second-order valence-electron chi connectivity index (χ2n) is 4.37. The summed E-state index contributed by atoms with van der Waals surface area (Å²) in [7, 11) is 0. The molecule has 8 heteroatoms. The van der Waals surface area contributed by atoms with Crippen LogP contribution in [0.2, 0.25) is 0 Å². The largest absolute Gasteiger partial charge is 0.480 e. The molecule has 0 aromatic carbocycles. The predicted octanol–water partition coefficient (Wildman–Crippen LogP) is 0.220. The second kappa shape index (κ2) is 5.70. The van der Waals surface area contributed by atoms with Crippen molar-refractivity contribution in [1.29, 1.82) is 0 Å². The Labute approximate surface area is 109 Å². The van der Waals surface area contributed by atoms with Crippen molar-refractivity contribution in [1.82, 2.24) is 14.7 Å². The topological polar surface area (TPSA) is 96.7 Å². The summed E-state index contributed by atoms with van der Waals surface area (Å²) in [4.78, 5) is 24.2. The summed E-state index contributed by atoms with van der Waals surface area (Å²) in [6.07, 6.45) is 2.91. The van der Waals surface area contributed by atoms with E-state index in [1.165, 1.54) is 17.1 Å². The molecule has 2 N–H and O–H groups in total. The molecule has 0 bridgehead atoms. The molecule has 0 saturated carbocycles. The van der Waals surface area contributed by atoms with Crippen LogP contribution in [0.1, 0.15) is 6.92 Å². The summed E-state index contributed by atoms with van der Waals surface area (Å²) in [6.45, 7) is 3.26. The van der Waals surface area contributed by atoms with E-state index in [2.05, 4.69) is 10.4 Å². The number of nitrogens with one attached hydrogen (secondary N) is 1. The maximum absolute atomic E-state index is 12.0. The number of anilines is 1. The first-order valence-corrected chi connectivity index (χ1v) is 5.96. The average Bonchev–Trinajstić information content (AvgIpc) is 2.76. The average molecular weight is 268 g/mol. The third kappa shape index (κ3) is 3.44. The lowest BCUT2D eigenvalue weighted by molar-refractivity contribution is -0.137. The molecule has 2 amide bonds. The van der Waals surface area contributed by atoms with Gasteiger partial charge in [0.05, 0.1) is 31.1 Å². The minimum Gasteiger partial charge on any atom is -0.480 e. The molecule has 8 nitrogen and oxygen atoms in total. The Morgan fingerprint density at radius 3 is 3.11 bits per heavy atom. The molecular formula is C11H16N4O4. The Morgan fingerprint density at radius 2 is 2.42 bits per heavy atom. The Balaban J connectivity index is 1.94. The highest BCUT2D eigenvalue weighted by molar-refractivity contribution is 5.89. The van der Waals surface area contributed by atoms with E-state index in [4.69, 9.17) is 9.84 Å². The first-order valence-electron chi connectivity index (χ1n) is 5.96. The van der Waals surface area contributed by atoms with Crippen LogP contribution < -0.4 is 5.32 Å². The molecule has 2 heterocycles. The van der Waals surface area contributed by atoms with Crippen molar-refractivity contribution in [3.05, 3.63) is 12.4 Å². The van der Waals surface area contributed by atoms with Crippen molar-refractivity contribution in [3.8, 4) is 0 Å². The van der Waals surface area contributed by atoms with Crippen molar-refractivity contribution in [2.45, 2.75) is 19.5 Å². The predicted molar refractivity (Wildman–Crippen MR) is 65.9 cm³/mol. The fourth-order valence-electron chi connectivity index (χ4n) is 1.88. The number of urea groups is 1. The van der Waals surface area contributed by atoms with Gasteiger partial charge in [0.25, 0.3) is 0 Å². The molecule has 1 aromatic rings. The smallest absolute Gasteiger partial charge is 0.325 e. The lowest BCUT2D eigenvalue weighted by Crippen LogP contribution is -2.48. The fraction of sp³-hybridized carbons (Fsp3) is 0.545. The number of morpholine rings is 1. The van der Waals surface area contributed by atoms with E-state index < -0.39 is 5.97 Å². The van der Waals surface area contributed by atoms with Gasteiger partial charge in [0.15, 0.2) is 0 Å². The third-order valence-electron chi connectivity index (χ3n) is 2.81. The van der Waals surface area contributed by atoms with E-state index in [1.807, 2.05) is 6.92 Å². The van der Waals surface area contributed by atoms with Crippen molar-refractivity contribution < 1.29 is 19.4 Å². The lowest BCUT2D eigenvalue weighted by atomic mass is 10.3. The highest BCUT2D eigenvalue weighted by atomic mass is 16.5. The second-order valence-corrected chi connectivity index (χ2v) is 4.37. The molecule has 1 unspecified atom stereocenters. The van der Waals surface area contributed by atoms with Gasteiger partial charge in [0.1, 0.15) is 6.54 Å². The Kier molecular flexibility index (Phi) is 4.00. The van der Waals surface area contributed by atoms with Crippen molar-refractivity contribution >= 4 is 17.7 Å². The molecule has 1 saturated heterocycles. The molecule has 2 rings (SSSR count). The van der Waals surface area contributed by atoms with Crippen LogP contribution >= 0.6 is 0 Å². The Bertz CT molecular complexity index is 473. The van der Waals surface area contributed by atoms with Gasteiger partial charge >= 0.3 is 12.0 Å². The molecule has 0 spiro atoms. The van der Waals surface area contributed by atoms with Crippen LogP contribution in [0.5, 0.6) is 0 Å². The van der Waals surface area contributed by atoms with Gasteiger partial charge in [-0.05, 0) is 6.92 Å². The normalized spacial score (nSPS) is 19.2. The van der Waals surface area contributed by atoms with Gasteiger partial charge < -0.3 is 20.1 Å².